The number of aliphatic hydroxyl groups is 1. The van der Waals surface area contributed by atoms with Crippen LogP contribution in [0.25, 0.3) is 0 Å². The Morgan fingerprint density at radius 2 is 1.94 bits per heavy atom. The summed E-state index contributed by atoms with van der Waals surface area (Å²) in [7, 11) is 1.31. The first-order chi connectivity index (χ1) is 7.74. The molecule has 0 radical (unpaired) electrons. The van der Waals surface area contributed by atoms with Crippen LogP contribution >= 0.6 is 0 Å². The van der Waals surface area contributed by atoms with Crippen molar-refractivity contribution in [3.63, 3.8) is 0 Å². The number of rotatable bonds is 3. The van der Waals surface area contributed by atoms with Crippen molar-refractivity contribution < 1.29 is 18.3 Å². The zero-order chi connectivity index (χ0) is 13.2. The van der Waals surface area contributed by atoms with Gasteiger partial charge in [-0.25, -0.2) is 4.98 Å². The Kier molecular flexibility index (Phi) is 3.98. The molecule has 1 heterocycles. The van der Waals surface area contributed by atoms with E-state index in [1.165, 1.54) is 7.05 Å². The van der Waals surface area contributed by atoms with Crippen LogP contribution in [0.15, 0.2) is 6.07 Å². The van der Waals surface area contributed by atoms with E-state index in [4.69, 9.17) is 0 Å². The fourth-order valence-corrected chi connectivity index (χ4v) is 1.70. The number of hydrogen-bond donors (Lipinski definition) is 1. The number of aliphatic hydroxyl groups excluding tert-OH is 1. The number of nitrogens with zero attached hydrogens (tertiary/aromatic N) is 2. The first-order valence-corrected chi connectivity index (χ1v) is 5.10. The highest BCUT2D eigenvalue weighted by Gasteiger charge is 2.30. The summed E-state index contributed by atoms with van der Waals surface area (Å²) in [4.78, 5) is 5.06. The smallest absolute Gasteiger partial charge is 0.392 e. The van der Waals surface area contributed by atoms with Crippen LogP contribution in [0.4, 0.5) is 19.0 Å². The van der Waals surface area contributed by atoms with E-state index in [1.54, 1.807) is 19.9 Å². The van der Waals surface area contributed by atoms with Gasteiger partial charge in [0.25, 0.3) is 0 Å². The third-order valence-corrected chi connectivity index (χ3v) is 2.39. The van der Waals surface area contributed by atoms with Crippen molar-refractivity contribution in [3.8, 4) is 0 Å². The highest BCUT2D eigenvalue weighted by Crippen LogP contribution is 2.25. The molecule has 0 saturated heterocycles. The van der Waals surface area contributed by atoms with E-state index in [-0.39, 0.29) is 12.4 Å². The van der Waals surface area contributed by atoms with E-state index in [2.05, 4.69) is 4.98 Å². The SMILES string of the molecule is Cc1cc(C)c(CO)c(N(C)CC(F)(F)F)n1. The molecule has 0 amide bonds. The molecular formula is C11H15F3N2O. The van der Waals surface area contributed by atoms with Crippen molar-refractivity contribution in [2.75, 3.05) is 18.5 Å². The van der Waals surface area contributed by atoms with Crippen LogP contribution in [0.2, 0.25) is 0 Å². The summed E-state index contributed by atoms with van der Waals surface area (Å²) in [6.07, 6.45) is -4.29. The lowest BCUT2D eigenvalue weighted by Gasteiger charge is -2.23. The van der Waals surface area contributed by atoms with Gasteiger partial charge in [0.2, 0.25) is 0 Å². The second-order valence-corrected chi connectivity index (χ2v) is 4.01. The molecule has 0 unspecified atom stereocenters. The van der Waals surface area contributed by atoms with Crippen LogP contribution in [0.5, 0.6) is 0 Å². The van der Waals surface area contributed by atoms with Gasteiger partial charge < -0.3 is 10.0 Å². The van der Waals surface area contributed by atoms with Gasteiger partial charge in [-0.3, -0.25) is 0 Å². The fourth-order valence-electron chi connectivity index (χ4n) is 1.70. The molecule has 0 fully saturated rings. The Balaban J connectivity index is 3.11. The molecular weight excluding hydrogens is 233 g/mol. The standard InChI is InChI=1S/C11H15F3N2O/c1-7-4-8(2)15-10(9(7)5-17)16(3)6-11(12,13)14/h4,17H,5-6H2,1-3H3. The molecule has 3 nitrogen and oxygen atoms in total. The summed E-state index contributed by atoms with van der Waals surface area (Å²) in [5, 5.41) is 9.19. The minimum atomic E-state index is -4.29. The highest BCUT2D eigenvalue weighted by atomic mass is 19.4. The summed E-state index contributed by atoms with van der Waals surface area (Å²) < 4.78 is 36.9. The van der Waals surface area contributed by atoms with Crippen LogP contribution in [-0.4, -0.2) is 29.9 Å². The lowest BCUT2D eigenvalue weighted by Crippen LogP contribution is -2.32. The van der Waals surface area contributed by atoms with Gasteiger partial charge in [-0.1, -0.05) is 0 Å². The predicted molar refractivity (Wildman–Crippen MR) is 59.0 cm³/mol. The molecule has 1 aromatic rings. The van der Waals surface area contributed by atoms with Crippen LogP contribution in [0, 0.1) is 13.8 Å². The van der Waals surface area contributed by atoms with E-state index in [0.29, 0.717) is 11.3 Å². The molecule has 1 aromatic heterocycles. The summed E-state index contributed by atoms with van der Waals surface area (Å²) >= 11 is 0. The molecule has 6 heteroatoms. The van der Waals surface area contributed by atoms with E-state index in [1.807, 2.05) is 0 Å². The third kappa shape index (κ3) is 3.59. The van der Waals surface area contributed by atoms with Gasteiger partial charge in [0.15, 0.2) is 0 Å². The van der Waals surface area contributed by atoms with Gasteiger partial charge in [0.05, 0.1) is 6.61 Å². The zero-order valence-electron chi connectivity index (χ0n) is 9.97. The van der Waals surface area contributed by atoms with E-state index in [9.17, 15) is 18.3 Å². The molecule has 0 aromatic carbocycles. The molecule has 0 saturated carbocycles. The maximum atomic E-state index is 12.3. The molecule has 1 rings (SSSR count). The molecule has 0 aliphatic carbocycles. The number of hydrogen-bond acceptors (Lipinski definition) is 3. The molecule has 0 spiro atoms. The van der Waals surface area contributed by atoms with Crippen molar-refractivity contribution in [2.45, 2.75) is 26.6 Å². The molecule has 17 heavy (non-hydrogen) atoms. The Hall–Kier alpha value is -1.30. The summed E-state index contributed by atoms with van der Waals surface area (Å²) in [6, 6.07) is 1.73. The number of alkyl halides is 3. The maximum Gasteiger partial charge on any atom is 0.405 e. The Labute approximate surface area is 97.9 Å². The zero-order valence-corrected chi connectivity index (χ0v) is 9.97. The first kappa shape index (κ1) is 13.8. The molecule has 96 valence electrons. The minimum absolute atomic E-state index is 0.183. The van der Waals surface area contributed by atoms with Gasteiger partial charge >= 0.3 is 6.18 Å². The normalized spacial score (nSPS) is 11.7. The van der Waals surface area contributed by atoms with Crippen LogP contribution in [0.1, 0.15) is 16.8 Å². The fraction of sp³-hybridized carbons (Fsp3) is 0.545. The van der Waals surface area contributed by atoms with E-state index < -0.39 is 12.7 Å². The van der Waals surface area contributed by atoms with Crippen molar-refractivity contribution in [1.82, 2.24) is 4.98 Å². The average molecular weight is 248 g/mol. The van der Waals surface area contributed by atoms with Crippen molar-refractivity contribution in [3.05, 3.63) is 22.9 Å². The number of halogens is 3. The Bertz CT molecular complexity index is 404. The summed E-state index contributed by atoms with van der Waals surface area (Å²) in [5.41, 5.74) is 1.80. The van der Waals surface area contributed by atoms with E-state index in [0.717, 1.165) is 10.5 Å². The number of pyridine rings is 1. The monoisotopic (exact) mass is 248 g/mol. The van der Waals surface area contributed by atoms with Gasteiger partial charge in [-0.2, -0.15) is 13.2 Å². The summed E-state index contributed by atoms with van der Waals surface area (Å²) in [5.74, 6) is 0.183. The maximum absolute atomic E-state index is 12.3. The lowest BCUT2D eigenvalue weighted by molar-refractivity contribution is -0.119. The van der Waals surface area contributed by atoms with Gasteiger partial charge in [0.1, 0.15) is 12.4 Å². The van der Waals surface area contributed by atoms with E-state index >= 15 is 0 Å². The predicted octanol–water partition coefficient (Wildman–Crippen LogP) is 2.19. The number of anilines is 1. The highest BCUT2D eigenvalue weighted by molar-refractivity contribution is 5.50. The average Bonchev–Trinajstić information content (AvgIpc) is 2.13. The largest absolute Gasteiger partial charge is 0.405 e. The topological polar surface area (TPSA) is 36.4 Å². The number of aromatic nitrogens is 1. The molecule has 1 N–H and O–H groups in total. The Morgan fingerprint density at radius 3 is 2.41 bits per heavy atom. The quantitative estimate of drug-likeness (QED) is 0.890. The van der Waals surface area contributed by atoms with Gasteiger partial charge in [-0.15, -0.1) is 0 Å². The lowest BCUT2D eigenvalue weighted by atomic mass is 10.1. The van der Waals surface area contributed by atoms with Crippen molar-refractivity contribution >= 4 is 5.82 Å². The minimum Gasteiger partial charge on any atom is -0.392 e. The second kappa shape index (κ2) is 4.91. The Morgan fingerprint density at radius 1 is 1.35 bits per heavy atom. The van der Waals surface area contributed by atoms with Crippen LogP contribution < -0.4 is 4.90 Å². The summed E-state index contributed by atoms with van der Waals surface area (Å²) in [6.45, 7) is 2.04. The van der Waals surface area contributed by atoms with Crippen LogP contribution in [-0.2, 0) is 6.61 Å². The molecule has 0 bridgehead atoms. The first-order valence-electron chi connectivity index (χ1n) is 5.10. The molecule has 0 atom stereocenters. The molecule has 0 aliphatic rings. The van der Waals surface area contributed by atoms with Crippen molar-refractivity contribution in [1.29, 1.82) is 0 Å². The van der Waals surface area contributed by atoms with Crippen molar-refractivity contribution in [2.24, 2.45) is 0 Å². The third-order valence-electron chi connectivity index (χ3n) is 2.39. The van der Waals surface area contributed by atoms with Gasteiger partial charge in [0, 0.05) is 18.3 Å². The van der Waals surface area contributed by atoms with Crippen LogP contribution in [0.3, 0.4) is 0 Å². The number of aryl methyl sites for hydroxylation is 2. The second-order valence-electron chi connectivity index (χ2n) is 4.01. The molecule has 0 aliphatic heterocycles. The van der Waals surface area contributed by atoms with Gasteiger partial charge in [-0.05, 0) is 25.5 Å².